The number of aliphatic hydroxyl groups excluding tert-OH is 1. The number of benzene rings is 3. The molecule has 0 aliphatic heterocycles. The predicted molar refractivity (Wildman–Crippen MR) is 156 cm³/mol. The van der Waals surface area contributed by atoms with E-state index in [1.807, 2.05) is 19.9 Å². The minimum absolute atomic E-state index is 0.0666. The van der Waals surface area contributed by atoms with Gasteiger partial charge in [0.05, 0.1) is 9.79 Å². The molecule has 0 saturated heterocycles. The zero-order valence-corrected chi connectivity index (χ0v) is 24.5. The summed E-state index contributed by atoms with van der Waals surface area (Å²) < 4.78 is 59.1. The Hall–Kier alpha value is -2.96. The second kappa shape index (κ2) is 16.2. The first-order valence-corrected chi connectivity index (χ1v) is 15.4. The fourth-order valence-electron chi connectivity index (χ4n) is 3.40. The Morgan fingerprint density at radius 2 is 1.21 bits per heavy atom. The van der Waals surface area contributed by atoms with Gasteiger partial charge in [0.25, 0.3) is 20.2 Å². The van der Waals surface area contributed by atoms with E-state index >= 15 is 0 Å². The van der Waals surface area contributed by atoms with Crippen LogP contribution in [-0.4, -0.2) is 50.7 Å². The van der Waals surface area contributed by atoms with Gasteiger partial charge in [0.2, 0.25) is 0 Å². The third-order valence-electron chi connectivity index (χ3n) is 5.73. The standard InChI is InChI=1S/C14H24N2O.2C7H8O3S/c1-3-12-11-13(7-8-14(12)15)16(4-2)9-5-6-10-17;2*1-6-2-4-7(5-3-6)11(8,9)10/h7-8,11,17H,3-6,9-10,15H2,1-2H3;2*2-5H,1H3,(H,8,9,10). The number of nitrogen functional groups attached to an aromatic ring is 1. The first kappa shape index (κ1) is 34.1. The smallest absolute Gasteiger partial charge is 0.294 e. The van der Waals surface area contributed by atoms with Crippen LogP contribution in [0.1, 0.15) is 43.4 Å². The minimum atomic E-state index is -4.02. The number of hydrogen-bond acceptors (Lipinski definition) is 7. The number of nitrogens with zero attached hydrogens (tertiary/aromatic N) is 1. The lowest BCUT2D eigenvalue weighted by Crippen LogP contribution is -2.24. The van der Waals surface area contributed by atoms with Crippen LogP contribution in [0, 0.1) is 13.8 Å². The Morgan fingerprint density at radius 1 is 0.744 bits per heavy atom. The fraction of sp³-hybridized carbons (Fsp3) is 0.357. The van der Waals surface area contributed by atoms with E-state index in [4.69, 9.17) is 19.9 Å². The molecule has 0 fully saturated rings. The second-order valence-electron chi connectivity index (χ2n) is 8.82. The third kappa shape index (κ3) is 12.6. The molecule has 0 radical (unpaired) electrons. The molecule has 3 rings (SSSR count). The molecule has 216 valence electrons. The fourth-order valence-corrected chi connectivity index (χ4v) is 4.36. The van der Waals surface area contributed by atoms with Crippen LogP contribution in [0.25, 0.3) is 0 Å². The molecule has 0 spiro atoms. The van der Waals surface area contributed by atoms with E-state index in [9.17, 15) is 16.8 Å². The Bertz CT molecular complexity index is 1280. The molecule has 9 nitrogen and oxygen atoms in total. The van der Waals surface area contributed by atoms with E-state index in [0.29, 0.717) is 0 Å². The van der Waals surface area contributed by atoms with Gasteiger partial charge in [-0.25, -0.2) is 0 Å². The van der Waals surface area contributed by atoms with E-state index in [1.165, 1.54) is 35.5 Å². The van der Waals surface area contributed by atoms with E-state index in [0.717, 1.165) is 49.2 Å². The van der Waals surface area contributed by atoms with Crippen molar-refractivity contribution in [3.8, 4) is 0 Å². The van der Waals surface area contributed by atoms with Gasteiger partial charge in [0.15, 0.2) is 0 Å². The molecule has 39 heavy (non-hydrogen) atoms. The quantitative estimate of drug-likeness (QED) is 0.157. The molecule has 11 heteroatoms. The van der Waals surface area contributed by atoms with Gasteiger partial charge in [-0.05, 0) is 88.1 Å². The summed E-state index contributed by atoms with van der Waals surface area (Å²) in [5.41, 5.74) is 11.1. The van der Waals surface area contributed by atoms with Gasteiger partial charge in [-0.3, -0.25) is 9.11 Å². The van der Waals surface area contributed by atoms with Crippen LogP contribution in [0.3, 0.4) is 0 Å². The van der Waals surface area contributed by atoms with E-state index in [1.54, 1.807) is 24.3 Å². The average molecular weight is 581 g/mol. The monoisotopic (exact) mass is 580 g/mol. The minimum Gasteiger partial charge on any atom is -0.399 e. The van der Waals surface area contributed by atoms with Crippen molar-refractivity contribution in [3.63, 3.8) is 0 Å². The Kier molecular flexibility index (Phi) is 14.2. The summed E-state index contributed by atoms with van der Waals surface area (Å²) in [5.74, 6) is 0. The maximum atomic E-state index is 10.5. The zero-order valence-electron chi connectivity index (χ0n) is 22.9. The summed E-state index contributed by atoms with van der Waals surface area (Å²) in [4.78, 5) is 2.19. The molecule has 0 bridgehead atoms. The summed E-state index contributed by atoms with van der Waals surface area (Å²) in [6.45, 7) is 10.2. The molecule has 5 N–H and O–H groups in total. The van der Waals surface area contributed by atoms with Crippen molar-refractivity contribution in [2.24, 2.45) is 0 Å². The molecule has 0 heterocycles. The van der Waals surface area contributed by atoms with Gasteiger partial charge in [-0.1, -0.05) is 42.3 Å². The van der Waals surface area contributed by atoms with Crippen LogP contribution in [0.4, 0.5) is 11.4 Å². The largest absolute Gasteiger partial charge is 0.399 e. The van der Waals surface area contributed by atoms with Crippen molar-refractivity contribution in [1.29, 1.82) is 0 Å². The van der Waals surface area contributed by atoms with Crippen molar-refractivity contribution in [3.05, 3.63) is 83.4 Å². The summed E-state index contributed by atoms with van der Waals surface area (Å²) in [7, 11) is -8.04. The third-order valence-corrected chi connectivity index (χ3v) is 7.46. The van der Waals surface area contributed by atoms with Crippen LogP contribution >= 0.6 is 0 Å². The highest BCUT2D eigenvalue weighted by atomic mass is 32.2. The second-order valence-corrected chi connectivity index (χ2v) is 11.7. The van der Waals surface area contributed by atoms with Crippen molar-refractivity contribution in [2.75, 3.05) is 30.3 Å². The van der Waals surface area contributed by atoms with Gasteiger partial charge in [-0.15, -0.1) is 0 Å². The average Bonchev–Trinajstić information content (AvgIpc) is 2.87. The normalized spacial score (nSPS) is 11.1. The molecular weight excluding hydrogens is 540 g/mol. The van der Waals surface area contributed by atoms with Crippen LogP contribution in [0.2, 0.25) is 0 Å². The molecule has 3 aromatic rings. The number of hydrogen-bond donors (Lipinski definition) is 4. The van der Waals surface area contributed by atoms with Crippen molar-refractivity contribution < 1.29 is 31.0 Å². The molecule has 0 saturated carbocycles. The number of nitrogens with two attached hydrogens (primary N) is 1. The number of anilines is 2. The van der Waals surface area contributed by atoms with Crippen LogP contribution < -0.4 is 10.6 Å². The first-order chi connectivity index (χ1) is 18.2. The molecule has 0 aromatic heterocycles. The van der Waals surface area contributed by atoms with Crippen LogP contribution in [0.5, 0.6) is 0 Å². The number of aliphatic hydroxyl groups is 1. The Balaban J connectivity index is 0.000000304. The molecular formula is C28H40N2O7S2. The lowest BCUT2D eigenvalue weighted by Gasteiger charge is -2.24. The topological polar surface area (TPSA) is 158 Å². The predicted octanol–water partition coefficient (Wildman–Crippen LogP) is 4.91. The van der Waals surface area contributed by atoms with Gasteiger partial charge in [0.1, 0.15) is 0 Å². The molecule has 0 atom stereocenters. The van der Waals surface area contributed by atoms with E-state index < -0.39 is 20.2 Å². The lowest BCUT2D eigenvalue weighted by atomic mass is 10.1. The zero-order chi connectivity index (χ0) is 29.6. The SMILES string of the molecule is CCc1cc(N(CC)CCCCO)ccc1N.Cc1ccc(S(=O)(=O)O)cc1.Cc1ccc(S(=O)(=O)O)cc1. The van der Waals surface area contributed by atoms with Gasteiger partial charge in [0, 0.05) is 31.1 Å². The van der Waals surface area contributed by atoms with Gasteiger partial charge in [-0.2, -0.15) is 16.8 Å². The summed E-state index contributed by atoms with van der Waals surface area (Å²) in [5, 5.41) is 8.81. The summed E-state index contributed by atoms with van der Waals surface area (Å²) in [6, 6.07) is 18.2. The number of rotatable bonds is 9. The first-order valence-electron chi connectivity index (χ1n) is 12.5. The van der Waals surface area contributed by atoms with E-state index in [-0.39, 0.29) is 16.4 Å². The van der Waals surface area contributed by atoms with Crippen molar-refractivity contribution in [2.45, 2.75) is 56.7 Å². The van der Waals surface area contributed by atoms with Crippen molar-refractivity contribution in [1.82, 2.24) is 0 Å². The Labute approximate surface area is 232 Å². The molecule has 0 amide bonds. The van der Waals surface area contributed by atoms with Crippen LogP contribution in [0.15, 0.2) is 76.5 Å². The Morgan fingerprint density at radius 3 is 1.56 bits per heavy atom. The number of aryl methyl sites for hydroxylation is 3. The molecule has 0 aliphatic carbocycles. The molecule has 3 aromatic carbocycles. The highest BCUT2D eigenvalue weighted by Gasteiger charge is 2.08. The number of unbranched alkanes of at least 4 members (excludes halogenated alkanes) is 1. The van der Waals surface area contributed by atoms with Crippen molar-refractivity contribution >= 4 is 31.6 Å². The van der Waals surface area contributed by atoms with Crippen LogP contribution in [-0.2, 0) is 26.7 Å². The lowest BCUT2D eigenvalue weighted by molar-refractivity contribution is 0.285. The van der Waals surface area contributed by atoms with Gasteiger partial charge < -0.3 is 15.7 Å². The summed E-state index contributed by atoms with van der Waals surface area (Å²) >= 11 is 0. The maximum Gasteiger partial charge on any atom is 0.294 e. The maximum absolute atomic E-state index is 10.5. The highest BCUT2D eigenvalue weighted by molar-refractivity contribution is 7.86. The summed E-state index contributed by atoms with van der Waals surface area (Å²) in [6.07, 6.45) is 2.86. The molecule has 0 unspecified atom stereocenters. The van der Waals surface area contributed by atoms with Gasteiger partial charge >= 0.3 is 0 Å². The highest BCUT2D eigenvalue weighted by Crippen LogP contribution is 2.22. The van der Waals surface area contributed by atoms with E-state index in [2.05, 4.69) is 30.9 Å². The molecule has 0 aliphatic rings.